The average molecular weight is 252 g/mol. The highest BCUT2D eigenvalue weighted by molar-refractivity contribution is 5.75. The number of hydrogen-bond acceptors (Lipinski definition) is 4. The molecule has 0 spiro atoms. The van der Waals surface area contributed by atoms with Crippen LogP contribution in [0, 0.1) is 5.41 Å². The highest BCUT2D eigenvalue weighted by Crippen LogP contribution is 2.33. The third-order valence-corrected chi connectivity index (χ3v) is 3.93. The van der Waals surface area contributed by atoms with Crippen LogP contribution in [0.1, 0.15) is 26.2 Å². The minimum atomic E-state index is -0.654. The van der Waals surface area contributed by atoms with Crippen molar-refractivity contribution < 1.29 is 9.90 Å². The lowest BCUT2D eigenvalue weighted by atomic mass is 9.77. The minimum Gasteiger partial charge on any atom is -0.481 e. The summed E-state index contributed by atoms with van der Waals surface area (Å²) in [5.74, 6) is -0.654. The molecular formula is C12H20N4O2. The summed E-state index contributed by atoms with van der Waals surface area (Å²) in [6.07, 6.45) is 5.83. The summed E-state index contributed by atoms with van der Waals surface area (Å²) in [5.41, 5.74) is -0.550. The lowest BCUT2D eigenvalue weighted by Gasteiger charge is -2.39. The van der Waals surface area contributed by atoms with Gasteiger partial charge in [-0.25, -0.2) is 0 Å². The van der Waals surface area contributed by atoms with Crippen LogP contribution in [0.25, 0.3) is 0 Å². The molecule has 1 aromatic rings. The molecule has 2 heterocycles. The van der Waals surface area contributed by atoms with E-state index in [1.807, 2.05) is 11.5 Å². The van der Waals surface area contributed by atoms with Crippen LogP contribution in [0.2, 0.25) is 0 Å². The molecule has 1 fully saturated rings. The zero-order valence-electron chi connectivity index (χ0n) is 10.7. The molecule has 18 heavy (non-hydrogen) atoms. The second-order valence-electron chi connectivity index (χ2n) is 5.02. The number of carboxylic acids is 1. The van der Waals surface area contributed by atoms with Gasteiger partial charge >= 0.3 is 5.97 Å². The summed E-state index contributed by atoms with van der Waals surface area (Å²) in [6, 6.07) is 0. The fourth-order valence-corrected chi connectivity index (χ4v) is 2.63. The van der Waals surface area contributed by atoms with Crippen molar-refractivity contribution in [3.05, 3.63) is 12.7 Å². The first kappa shape index (κ1) is 13.0. The van der Waals surface area contributed by atoms with E-state index in [0.717, 1.165) is 32.5 Å². The van der Waals surface area contributed by atoms with Crippen LogP contribution in [-0.4, -0.2) is 50.4 Å². The van der Waals surface area contributed by atoms with Gasteiger partial charge in [0.15, 0.2) is 0 Å². The Bertz CT molecular complexity index is 393. The minimum absolute atomic E-state index is 0.550. The van der Waals surface area contributed by atoms with Crippen molar-refractivity contribution in [1.82, 2.24) is 19.7 Å². The van der Waals surface area contributed by atoms with Crippen LogP contribution in [-0.2, 0) is 11.3 Å². The molecule has 0 saturated carbocycles. The lowest BCUT2D eigenvalue weighted by Crippen LogP contribution is -2.48. The summed E-state index contributed by atoms with van der Waals surface area (Å²) in [5, 5.41) is 16.9. The number of nitrogens with zero attached hydrogens (tertiary/aromatic N) is 4. The van der Waals surface area contributed by atoms with Crippen molar-refractivity contribution in [2.45, 2.75) is 32.7 Å². The first-order valence-electron chi connectivity index (χ1n) is 6.44. The Morgan fingerprint density at radius 2 is 2.11 bits per heavy atom. The molecule has 0 radical (unpaired) electrons. The van der Waals surface area contributed by atoms with Crippen molar-refractivity contribution in [1.29, 1.82) is 0 Å². The summed E-state index contributed by atoms with van der Waals surface area (Å²) in [7, 11) is 0. The van der Waals surface area contributed by atoms with E-state index in [9.17, 15) is 9.90 Å². The smallest absolute Gasteiger partial charge is 0.310 e. The van der Waals surface area contributed by atoms with Gasteiger partial charge in [0, 0.05) is 19.6 Å². The predicted octanol–water partition coefficient (Wildman–Crippen LogP) is 0.855. The van der Waals surface area contributed by atoms with Crippen LogP contribution in [0.5, 0.6) is 0 Å². The van der Waals surface area contributed by atoms with Crippen molar-refractivity contribution in [2.75, 3.05) is 19.6 Å². The molecule has 1 N–H and O–H groups in total. The predicted molar refractivity (Wildman–Crippen MR) is 66.1 cm³/mol. The van der Waals surface area contributed by atoms with Gasteiger partial charge in [-0.1, -0.05) is 6.92 Å². The normalized spacial score (nSPS) is 25.2. The van der Waals surface area contributed by atoms with Crippen molar-refractivity contribution in [3.8, 4) is 0 Å². The quantitative estimate of drug-likeness (QED) is 0.841. The Morgan fingerprint density at radius 3 is 2.72 bits per heavy atom. The Morgan fingerprint density at radius 1 is 1.39 bits per heavy atom. The number of hydrogen-bond donors (Lipinski definition) is 1. The maximum absolute atomic E-state index is 11.4. The third-order valence-electron chi connectivity index (χ3n) is 3.93. The van der Waals surface area contributed by atoms with Gasteiger partial charge in [-0.05, 0) is 25.8 Å². The molecule has 6 heteroatoms. The van der Waals surface area contributed by atoms with E-state index in [-0.39, 0.29) is 0 Å². The molecule has 1 saturated heterocycles. The standard InChI is InChI=1S/C12H20N4O2/c1-2-12(11(17)18)4-3-5-15(8-12)6-7-16-9-13-14-10-16/h9-10H,2-8H2,1H3,(H,17,18)/t12-/m0/s1. The Hall–Kier alpha value is -1.43. The summed E-state index contributed by atoms with van der Waals surface area (Å²) >= 11 is 0. The fraction of sp³-hybridized carbons (Fsp3) is 0.750. The number of rotatable bonds is 5. The molecule has 100 valence electrons. The molecule has 1 aliphatic rings. The van der Waals surface area contributed by atoms with Crippen LogP contribution in [0.3, 0.4) is 0 Å². The van der Waals surface area contributed by atoms with Gasteiger partial charge in [0.1, 0.15) is 12.7 Å². The van der Waals surface area contributed by atoms with E-state index in [1.165, 1.54) is 0 Å². The van der Waals surface area contributed by atoms with Gasteiger partial charge < -0.3 is 14.6 Å². The van der Waals surface area contributed by atoms with Crippen molar-refractivity contribution in [2.24, 2.45) is 5.41 Å². The van der Waals surface area contributed by atoms with Crippen LogP contribution < -0.4 is 0 Å². The third kappa shape index (κ3) is 2.69. The monoisotopic (exact) mass is 252 g/mol. The van der Waals surface area contributed by atoms with Crippen molar-refractivity contribution >= 4 is 5.97 Å². The van der Waals surface area contributed by atoms with Crippen LogP contribution in [0.4, 0.5) is 0 Å². The second kappa shape index (κ2) is 5.48. The lowest BCUT2D eigenvalue weighted by molar-refractivity contribution is -0.152. The van der Waals surface area contributed by atoms with E-state index in [4.69, 9.17) is 0 Å². The van der Waals surface area contributed by atoms with Gasteiger partial charge in [-0.3, -0.25) is 4.79 Å². The highest BCUT2D eigenvalue weighted by Gasteiger charge is 2.40. The summed E-state index contributed by atoms with van der Waals surface area (Å²) in [6.45, 7) is 5.27. The molecule has 2 rings (SSSR count). The highest BCUT2D eigenvalue weighted by atomic mass is 16.4. The maximum atomic E-state index is 11.4. The van der Waals surface area contributed by atoms with E-state index >= 15 is 0 Å². The molecule has 0 unspecified atom stereocenters. The number of piperidine rings is 1. The molecule has 0 aliphatic carbocycles. The van der Waals surface area contributed by atoms with Gasteiger partial charge in [-0.15, -0.1) is 10.2 Å². The number of carbonyl (C=O) groups is 1. The van der Waals surface area contributed by atoms with E-state index in [1.54, 1.807) is 12.7 Å². The number of aliphatic carboxylic acids is 1. The van der Waals surface area contributed by atoms with E-state index in [2.05, 4.69) is 15.1 Å². The molecule has 0 amide bonds. The molecule has 1 aromatic heterocycles. The largest absolute Gasteiger partial charge is 0.481 e. The van der Waals surface area contributed by atoms with E-state index in [0.29, 0.717) is 13.0 Å². The average Bonchev–Trinajstić information content (AvgIpc) is 2.89. The molecule has 1 atom stereocenters. The Balaban J connectivity index is 1.92. The van der Waals surface area contributed by atoms with Gasteiger partial charge in [0.25, 0.3) is 0 Å². The Kier molecular flexibility index (Phi) is 3.96. The van der Waals surface area contributed by atoms with Gasteiger partial charge in [0.05, 0.1) is 5.41 Å². The molecular weight excluding hydrogens is 232 g/mol. The summed E-state index contributed by atoms with van der Waals surface area (Å²) in [4.78, 5) is 13.7. The zero-order chi connectivity index (χ0) is 13.0. The van der Waals surface area contributed by atoms with Crippen LogP contribution >= 0.6 is 0 Å². The number of carboxylic acid groups (broad SMARTS) is 1. The zero-order valence-corrected chi connectivity index (χ0v) is 10.7. The Labute approximate surface area is 107 Å². The second-order valence-corrected chi connectivity index (χ2v) is 5.02. The van der Waals surface area contributed by atoms with Crippen molar-refractivity contribution in [3.63, 3.8) is 0 Å². The molecule has 6 nitrogen and oxygen atoms in total. The summed E-state index contributed by atoms with van der Waals surface area (Å²) < 4.78 is 1.92. The molecule has 1 aliphatic heterocycles. The fourth-order valence-electron chi connectivity index (χ4n) is 2.63. The van der Waals surface area contributed by atoms with E-state index < -0.39 is 11.4 Å². The molecule has 0 bridgehead atoms. The number of aromatic nitrogens is 3. The first-order chi connectivity index (χ1) is 8.66. The first-order valence-corrected chi connectivity index (χ1v) is 6.44. The number of likely N-dealkylation sites (tertiary alicyclic amines) is 1. The van der Waals surface area contributed by atoms with Crippen LogP contribution in [0.15, 0.2) is 12.7 Å². The van der Waals surface area contributed by atoms with Gasteiger partial charge in [0.2, 0.25) is 0 Å². The molecule has 0 aromatic carbocycles. The van der Waals surface area contributed by atoms with Gasteiger partial charge in [-0.2, -0.15) is 0 Å². The SMILES string of the molecule is CC[C@]1(C(=O)O)CCCN(CCn2cnnc2)C1. The maximum Gasteiger partial charge on any atom is 0.310 e. The topological polar surface area (TPSA) is 71.2 Å².